The van der Waals surface area contributed by atoms with Gasteiger partial charge in [0.2, 0.25) is 5.91 Å². The Morgan fingerprint density at radius 2 is 2.03 bits per heavy atom. The highest BCUT2D eigenvalue weighted by Gasteiger charge is 2.32. The fraction of sp³-hybridized carbons (Fsp3) is 0.421. The van der Waals surface area contributed by atoms with E-state index in [1.807, 2.05) is 6.92 Å². The first-order chi connectivity index (χ1) is 14.3. The topological polar surface area (TPSA) is 75.0 Å². The van der Waals surface area contributed by atoms with Gasteiger partial charge in [0.25, 0.3) is 0 Å². The Hall–Kier alpha value is -2.51. The van der Waals surface area contributed by atoms with Crippen LogP contribution in [-0.2, 0) is 18.4 Å². The van der Waals surface area contributed by atoms with Crippen LogP contribution in [0.25, 0.3) is 0 Å². The van der Waals surface area contributed by atoms with Gasteiger partial charge in [-0.25, -0.2) is 4.99 Å². The van der Waals surface area contributed by atoms with Crippen molar-refractivity contribution >= 4 is 41.5 Å². The zero-order valence-corrected chi connectivity index (χ0v) is 19.4. The maximum atomic E-state index is 12.6. The van der Waals surface area contributed by atoms with Crippen molar-refractivity contribution in [2.75, 3.05) is 31.1 Å². The minimum Gasteiger partial charge on any atom is -0.405 e. The molecule has 1 N–H and O–H groups in total. The fourth-order valence-electron chi connectivity index (χ4n) is 3.12. The molecule has 0 saturated carbocycles. The smallest absolute Gasteiger partial charge is 0.405 e. The standard InChI is InChI=1S/C19H23F3N6O2.HI/c1-3-23-18(24-10-14-6-4-5-7-16(14)30-19(20,21)22)27-8-9-28(17(29)13-27)15-11-25-26(2)12-15;/h4-7,11-12H,3,8-10,13H2,1-2H3,(H,23,24);1H. The first-order valence-corrected chi connectivity index (χ1v) is 9.42. The summed E-state index contributed by atoms with van der Waals surface area (Å²) in [5.41, 5.74) is 1.02. The quantitative estimate of drug-likeness (QED) is 0.351. The summed E-state index contributed by atoms with van der Waals surface area (Å²) < 4.78 is 43.6. The summed E-state index contributed by atoms with van der Waals surface area (Å²) >= 11 is 0. The van der Waals surface area contributed by atoms with Crippen molar-refractivity contribution in [1.82, 2.24) is 20.0 Å². The van der Waals surface area contributed by atoms with Crippen molar-refractivity contribution in [1.29, 1.82) is 0 Å². The third kappa shape index (κ3) is 6.74. The van der Waals surface area contributed by atoms with Gasteiger partial charge in [-0.15, -0.1) is 37.1 Å². The minimum atomic E-state index is -4.78. The predicted molar refractivity (Wildman–Crippen MR) is 120 cm³/mol. The molecule has 1 saturated heterocycles. The molecule has 31 heavy (non-hydrogen) atoms. The molecule has 1 aromatic carbocycles. The van der Waals surface area contributed by atoms with Crippen molar-refractivity contribution in [2.45, 2.75) is 19.8 Å². The van der Waals surface area contributed by atoms with Crippen LogP contribution >= 0.6 is 24.0 Å². The van der Waals surface area contributed by atoms with Crippen molar-refractivity contribution < 1.29 is 22.7 Å². The van der Waals surface area contributed by atoms with Crippen LogP contribution in [0.4, 0.5) is 18.9 Å². The largest absolute Gasteiger partial charge is 0.573 e. The van der Waals surface area contributed by atoms with Gasteiger partial charge >= 0.3 is 6.36 Å². The highest BCUT2D eigenvalue weighted by molar-refractivity contribution is 14.0. The zero-order chi connectivity index (χ0) is 21.7. The van der Waals surface area contributed by atoms with E-state index in [4.69, 9.17) is 0 Å². The number of para-hydroxylation sites is 1. The van der Waals surface area contributed by atoms with Crippen molar-refractivity contribution in [3.8, 4) is 5.75 Å². The molecule has 0 aliphatic carbocycles. The van der Waals surface area contributed by atoms with Crippen LogP contribution in [0.3, 0.4) is 0 Å². The highest BCUT2D eigenvalue weighted by Crippen LogP contribution is 2.26. The van der Waals surface area contributed by atoms with E-state index in [2.05, 4.69) is 20.1 Å². The molecule has 2 aromatic rings. The summed E-state index contributed by atoms with van der Waals surface area (Å²) in [5, 5.41) is 7.18. The number of hydrogen-bond donors (Lipinski definition) is 1. The van der Waals surface area contributed by atoms with E-state index >= 15 is 0 Å². The summed E-state index contributed by atoms with van der Waals surface area (Å²) in [7, 11) is 1.78. The Bertz CT molecular complexity index is 918. The Kier molecular flexibility index (Phi) is 8.53. The molecule has 1 aromatic heterocycles. The van der Waals surface area contributed by atoms with E-state index in [0.29, 0.717) is 31.2 Å². The van der Waals surface area contributed by atoms with Crippen LogP contribution < -0.4 is 15.0 Å². The number of amides is 1. The maximum Gasteiger partial charge on any atom is 0.573 e. The van der Waals surface area contributed by atoms with Crippen LogP contribution in [0.2, 0.25) is 0 Å². The van der Waals surface area contributed by atoms with Crippen LogP contribution in [0, 0.1) is 0 Å². The zero-order valence-electron chi connectivity index (χ0n) is 17.1. The number of alkyl halides is 3. The van der Waals surface area contributed by atoms with Gasteiger partial charge < -0.3 is 19.9 Å². The summed E-state index contributed by atoms with van der Waals surface area (Å²) in [6.07, 6.45) is -1.38. The van der Waals surface area contributed by atoms with Gasteiger partial charge in [0.1, 0.15) is 12.3 Å². The molecule has 1 amide bonds. The third-order valence-corrected chi connectivity index (χ3v) is 4.46. The van der Waals surface area contributed by atoms with Crippen LogP contribution in [-0.4, -0.2) is 59.1 Å². The molecule has 1 fully saturated rings. The number of ether oxygens (including phenoxy) is 1. The van der Waals surface area contributed by atoms with Crippen LogP contribution in [0.5, 0.6) is 5.75 Å². The molecule has 0 spiro atoms. The normalized spacial score (nSPS) is 15.0. The van der Waals surface area contributed by atoms with Crippen molar-refractivity contribution in [2.24, 2.45) is 12.0 Å². The summed E-state index contributed by atoms with van der Waals surface area (Å²) in [5.74, 6) is 0.0567. The second kappa shape index (κ2) is 10.7. The molecule has 12 heteroatoms. The van der Waals surface area contributed by atoms with E-state index in [1.54, 1.807) is 40.0 Å². The molecule has 2 heterocycles. The lowest BCUT2D eigenvalue weighted by Gasteiger charge is -2.35. The molecule has 0 radical (unpaired) electrons. The number of anilines is 1. The summed E-state index contributed by atoms with van der Waals surface area (Å²) in [4.78, 5) is 20.5. The number of halogens is 4. The molecule has 1 aliphatic rings. The van der Waals surface area contributed by atoms with E-state index in [1.165, 1.54) is 18.2 Å². The number of carbonyl (C=O) groups excluding carboxylic acids is 1. The number of hydrogen-bond acceptors (Lipinski definition) is 4. The second-order valence-corrected chi connectivity index (χ2v) is 6.66. The highest BCUT2D eigenvalue weighted by atomic mass is 127. The summed E-state index contributed by atoms with van der Waals surface area (Å²) in [6, 6.07) is 5.87. The first kappa shape index (κ1) is 24.8. The van der Waals surface area contributed by atoms with E-state index < -0.39 is 6.36 Å². The Balaban J connectivity index is 0.00000341. The van der Waals surface area contributed by atoms with Gasteiger partial charge in [-0.3, -0.25) is 9.48 Å². The number of aromatic nitrogens is 2. The van der Waals surface area contributed by atoms with Gasteiger partial charge in [-0.1, -0.05) is 18.2 Å². The molecule has 170 valence electrons. The number of benzene rings is 1. The molecule has 1 aliphatic heterocycles. The van der Waals surface area contributed by atoms with Crippen LogP contribution in [0.1, 0.15) is 12.5 Å². The third-order valence-electron chi connectivity index (χ3n) is 4.46. The number of guanidine groups is 1. The molecule has 0 unspecified atom stereocenters. The number of aliphatic imine (C=N–C) groups is 1. The number of nitrogens with zero attached hydrogens (tertiary/aromatic N) is 5. The fourth-order valence-corrected chi connectivity index (χ4v) is 3.12. The summed E-state index contributed by atoms with van der Waals surface area (Å²) in [6.45, 7) is 3.48. The SMILES string of the molecule is CCNC(=NCc1ccccc1OC(F)(F)F)N1CCN(c2cnn(C)c2)C(=O)C1.I. The first-order valence-electron chi connectivity index (χ1n) is 9.42. The van der Waals surface area contributed by atoms with Crippen molar-refractivity contribution in [3.63, 3.8) is 0 Å². The van der Waals surface area contributed by atoms with Gasteiger partial charge in [0, 0.05) is 38.4 Å². The van der Waals surface area contributed by atoms with Gasteiger partial charge in [0.15, 0.2) is 5.96 Å². The molecule has 8 nitrogen and oxygen atoms in total. The van der Waals surface area contributed by atoms with Crippen LogP contribution in [0.15, 0.2) is 41.7 Å². The Labute approximate surface area is 195 Å². The van der Waals surface area contributed by atoms with E-state index in [9.17, 15) is 18.0 Å². The Morgan fingerprint density at radius 3 is 2.65 bits per heavy atom. The Morgan fingerprint density at radius 1 is 1.29 bits per heavy atom. The molecule has 3 rings (SSSR count). The number of piperazine rings is 1. The minimum absolute atomic E-state index is 0. The number of aryl methyl sites for hydroxylation is 1. The molecular weight excluding hydrogens is 528 g/mol. The van der Waals surface area contributed by atoms with E-state index in [-0.39, 0.29) is 48.7 Å². The van der Waals surface area contributed by atoms with Gasteiger partial charge in [-0.2, -0.15) is 5.10 Å². The average Bonchev–Trinajstić information content (AvgIpc) is 3.11. The van der Waals surface area contributed by atoms with E-state index in [0.717, 1.165) is 5.69 Å². The monoisotopic (exact) mass is 552 g/mol. The molecule has 0 bridgehead atoms. The van der Waals surface area contributed by atoms with Crippen molar-refractivity contribution in [3.05, 3.63) is 42.2 Å². The number of rotatable bonds is 5. The number of carbonyl (C=O) groups is 1. The predicted octanol–water partition coefficient (Wildman–Crippen LogP) is 2.75. The van der Waals surface area contributed by atoms with Gasteiger partial charge in [0.05, 0.1) is 18.4 Å². The molecular formula is C19H24F3IN6O2. The lowest BCUT2D eigenvalue weighted by atomic mass is 10.2. The lowest BCUT2D eigenvalue weighted by molar-refractivity contribution is -0.274. The average molecular weight is 552 g/mol. The molecule has 0 atom stereocenters. The second-order valence-electron chi connectivity index (χ2n) is 6.66. The maximum absolute atomic E-state index is 12.6. The lowest BCUT2D eigenvalue weighted by Crippen LogP contribution is -2.55. The van der Waals surface area contributed by atoms with Gasteiger partial charge in [-0.05, 0) is 13.0 Å². The number of nitrogens with one attached hydrogen (secondary N) is 1.